The quantitative estimate of drug-likeness (QED) is 0.545. The molecule has 0 saturated heterocycles. The minimum absolute atomic E-state index is 0.00602. The number of fused-ring (bicyclic) bond motifs is 1. The van der Waals surface area contributed by atoms with Crippen molar-refractivity contribution in [1.29, 1.82) is 0 Å². The van der Waals surface area contributed by atoms with E-state index in [0.717, 1.165) is 30.6 Å². The Morgan fingerprint density at radius 1 is 1.35 bits per heavy atom. The van der Waals surface area contributed by atoms with Crippen LogP contribution in [0.1, 0.15) is 59.8 Å². The molecule has 1 aliphatic heterocycles. The van der Waals surface area contributed by atoms with Gasteiger partial charge in [0.15, 0.2) is 0 Å². The lowest BCUT2D eigenvalue weighted by Gasteiger charge is -2.32. The number of carbonyl (C=O) groups excluding carboxylic acids is 1. The Morgan fingerprint density at radius 2 is 2.03 bits per heavy atom. The predicted octanol–water partition coefficient (Wildman–Crippen LogP) is 4.83. The third kappa shape index (κ3) is 6.39. The van der Waals surface area contributed by atoms with E-state index in [-0.39, 0.29) is 24.2 Å². The van der Waals surface area contributed by atoms with E-state index in [0.29, 0.717) is 29.0 Å². The van der Waals surface area contributed by atoms with Gasteiger partial charge in [-0.1, -0.05) is 11.6 Å². The average molecular weight is 475 g/mol. The summed E-state index contributed by atoms with van der Waals surface area (Å²) in [5, 5.41) is 3.86. The predicted molar refractivity (Wildman–Crippen MR) is 122 cm³/mol. The van der Waals surface area contributed by atoms with Crippen molar-refractivity contribution in [2.75, 3.05) is 13.3 Å². The number of amides is 1. The minimum atomic E-state index is -0.561. The van der Waals surface area contributed by atoms with Crippen molar-refractivity contribution in [3.05, 3.63) is 21.8 Å². The van der Waals surface area contributed by atoms with Crippen LogP contribution >= 0.6 is 23.4 Å². The highest BCUT2D eigenvalue weighted by atomic mass is 35.5. The van der Waals surface area contributed by atoms with Gasteiger partial charge in [-0.2, -0.15) is 0 Å². The van der Waals surface area contributed by atoms with E-state index in [4.69, 9.17) is 25.8 Å². The third-order valence-electron chi connectivity index (χ3n) is 5.58. The maximum atomic E-state index is 12.8. The Morgan fingerprint density at radius 3 is 2.68 bits per heavy atom. The van der Waals surface area contributed by atoms with Crippen molar-refractivity contribution < 1.29 is 23.4 Å². The van der Waals surface area contributed by atoms with Gasteiger partial charge in [0, 0.05) is 17.9 Å². The number of halogens is 2. The fraction of sp³-hybridized carbons (Fsp3) is 0.727. The molecule has 0 aromatic heterocycles. The molecule has 0 aromatic carbocycles. The molecule has 2 aliphatic carbocycles. The van der Waals surface area contributed by atoms with Crippen molar-refractivity contribution in [3.8, 4) is 0 Å². The standard InChI is InChI=1S/C22H32ClFN2O4S/c1-13(25-15(3)27)12-28-16-5-7-17(8-6-16)30-18-9-10-22(4)20(19(18)23)31-21(26-22)29-14(2)11-24/h9,13-14,16-17H,5-8,10-12H2,1-4H3,(H,25,27)/t13-,14?,16?,17?,22?/m0/s1. The van der Waals surface area contributed by atoms with Crippen molar-refractivity contribution in [1.82, 2.24) is 5.32 Å². The molecule has 2 unspecified atom stereocenters. The molecule has 31 heavy (non-hydrogen) atoms. The molecule has 3 aliphatic rings. The first-order valence-electron chi connectivity index (χ1n) is 10.9. The molecule has 1 fully saturated rings. The monoisotopic (exact) mass is 474 g/mol. The van der Waals surface area contributed by atoms with Crippen molar-refractivity contribution >= 4 is 34.5 Å². The Kier molecular flexibility index (Phi) is 8.32. The van der Waals surface area contributed by atoms with Crippen LogP contribution in [0.2, 0.25) is 0 Å². The van der Waals surface area contributed by atoms with Crippen LogP contribution in [0.3, 0.4) is 0 Å². The van der Waals surface area contributed by atoms with Crippen LogP contribution in [-0.4, -0.2) is 54.3 Å². The van der Waals surface area contributed by atoms with Gasteiger partial charge in [-0.25, -0.2) is 9.38 Å². The lowest BCUT2D eigenvalue weighted by atomic mass is 9.92. The summed E-state index contributed by atoms with van der Waals surface area (Å²) in [4.78, 5) is 16.6. The summed E-state index contributed by atoms with van der Waals surface area (Å²) in [5.74, 6) is 0.651. The molecule has 3 atom stereocenters. The summed E-state index contributed by atoms with van der Waals surface area (Å²) < 4.78 is 30.6. The zero-order chi connectivity index (χ0) is 22.6. The van der Waals surface area contributed by atoms with Crippen molar-refractivity contribution in [2.45, 2.75) is 89.7 Å². The van der Waals surface area contributed by atoms with E-state index < -0.39 is 18.3 Å². The zero-order valence-electron chi connectivity index (χ0n) is 18.6. The van der Waals surface area contributed by atoms with E-state index in [1.54, 1.807) is 6.92 Å². The Balaban J connectivity index is 1.49. The first-order valence-corrected chi connectivity index (χ1v) is 12.1. The molecule has 6 nitrogen and oxygen atoms in total. The van der Waals surface area contributed by atoms with Gasteiger partial charge in [0.25, 0.3) is 5.23 Å². The van der Waals surface area contributed by atoms with E-state index in [1.807, 2.05) is 19.9 Å². The molecule has 1 saturated carbocycles. The molecule has 0 aromatic rings. The van der Waals surface area contributed by atoms with E-state index >= 15 is 0 Å². The van der Waals surface area contributed by atoms with Crippen LogP contribution in [0.25, 0.3) is 0 Å². The second-order valence-electron chi connectivity index (χ2n) is 8.70. The van der Waals surface area contributed by atoms with Crippen LogP contribution in [0.4, 0.5) is 4.39 Å². The van der Waals surface area contributed by atoms with Gasteiger partial charge in [-0.3, -0.25) is 4.79 Å². The summed E-state index contributed by atoms with van der Waals surface area (Å²) in [6, 6.07) is 0.00602. The van der Waals surface area contributed by atoms with Gasteiger partial charge in [0.05, 0.1) is 29.4 Å². The Bertz CT molecular complexity index is 767. The molecule has 0 radical (unpaired) electrons. The van der Waals surface area contributed by atoms with E-state index in [1.165, 1.54) is 18.7 Å². The molecule has 0 spiro atoms. The van der Waals surface area contributed by atoms with E-state index in [9.17, 15) is 9.18 Å². The maximum absolute atomic E-state index is 12.8. The topological polar surface area (TPSA) is 69.2 Å². The number of nitrogens with zero attached hydrogens (tertiary/aromatic N) is 1. The lowest BCUT2D eigenvalue weighted by Crippen LogP contribution is -2.36. The lowest BCUT2D eigenvalue weighted by molar-refractivity contribution is -0.120. The Hall–Kier alpha value is -1.25. The molecule has 1 heterocycles. The number of thioether (sulfide) groups is 1. The number of nitrogens with one attached hydrogen (secondary N) is 1. The van der Waals surface area contributed by atoms with Crippen molar-refractivity contribution in [3.63, 3.8) is 0 Å². The molecule has 1 N–H and O–H groups in total. The second-order valence-corrected chi connectivity index (χ2v) is 10.0. The minimum Gasteiger partial charge on any atom is -0.489 e. The highest BCUT2D eigenvalue weighted by molar-refractivity contribution is 8.17. The number of aliphatic imine (C=N–C) groups is 1. The highest BCUT2D eigenvalue weighted by Crippen LogP contribution is 2.50. The SMILES string of the molecule is CC(=O)N[C@@H](C)COC1CCC(OC2=CCC3(C)N=C(OC(C)CF)SC3=C2Cl)CC1. The molecule has 1 amide bonds. The first kappa shape index (κ1) is 24.4. The molecule has 9 heteroatoms. The smallest absolute Gasteiger partial charge is 0.251 e. The van der Waals surface area contributed by atoms with Gasteiger partial charge >= 0.3 is 0 Å². The number of hydrogen-bond acceptors (Lipinski definition) is 6. The van der Waals surface area contributed by atoms with Crippen molar-refractivity contribution in [2.24, 2.45) is 4.99 Å². The summed E-state index contributed by atoms with van der Waals surface area (Å²) in [6.45, 7) is 7.09. The summed E-state index contributed by atoms with van der Waals surface area (Å²) in [5.41, 5.74) is -0.476. The van der Waals surface area contributed by atoms with Gasteiger partial charge < -0.3 is 19.5 Å². The summed E-state index contributed by atoms with van der Waals surface area (Å²) in [7, 11) is 0. The van der Waals surface area contributed by atoms with Gasteiger partial charge in [0.2, 0.25) is 5.91 Å². The maximum Gasteiger partial charge on any atom is 0.251 e. The fourth-order valence-corrected chi connectivity index (χ4v) is 5.52. The Labute approximate surface area is 193 Å². The second kappa shape index (κ2) is 10.6. The number of carbonyl (C=O) groups is 1. The third-order valence-corrected chi connectivity index (χ3v) is 7.28. The van der Waals surface area contributed by atoms with Gasteiger partial charge in [0.1, 0.15) is 18.5 Å². The van der Waals surface area contributed by atoms with Crippen LogP contribution < -0.4 is 5.32 Å². The van der Waals surface area contributed by atoms with Crippen LogP contribution in [0.15, 0.2) is 26.8 Å². The molecular weight excluding hydrogens is 443 g/mol. The average Bonchev–Trinajstić information content (AvgIpc) is 3.06. The van der Waals surface area contributed by atoms with Crippen LogP contribution in [-0.2, 0) is 19.0 Å². The summed E-state index contributed by atoms with van der Waals surface area (Å²) >= 11 is 8.05. The number of allylic oxidation sites excluding steroid dienone is 1. The number of alkyl halides is 1. The first-order chi connectivity index (χ1) is 14.7. The van der Waals surface area contributed by atoms with Crippen LogP contribution in [0.5, 0.6) is 0 Å². The molecule has 3 rings (SSSR count). The van der Waals surface area contributed by atoms with E-state index in [2.05, 4.69) is 10.3 Å². The number of rotatable bonds is 8. The van der Waals surface area contributed by atoms with Gasteiger partial charge in [-0.15, -0.1) is 0 Å². The van der Waals surface area contributed by atoms with Gasteiger partial charge in [-0.05, 0) is 70.7 Å². The molecule has 174 valence electrons. The largest absolute Gasteiger partial charge is 0.489 e. The molecular formula is C22H32ClFN2O4S. The normalized spacial score (nSPS) is 30.1. The van der Waals surface area contributed by atoms with Crippen LogP contribution in [0, 0.1) is 0 Å². The fourth-order valence-electron chi connectivity index (χ4n) is 3.90. The summed E-state index contributed by atoms with van der Waals surface area (Å²) in [6.07, 6.45) is 6.00. The number of hydrogen-bond donors (Lipinski definition) is 1. The molecule has 0 bridgehead atoms. The zero-order valence-corrected chi connectivity index (χ0v) is 20.2. The number of ether oxygens (including phenoxy) is 3. The highest BCUT2D eigenvalue weighted by Gasteiger charge is 2.42.